The second-order valence-corrected chi connectivity index (χ2v) is 8.52. The van der Waals surface area contributed by atoms with Gasteiger partial charge in [-0.2, -0.15) is 0 Å². The van der Waals surface area contributed by atoms with E-state index in [9.17, 15) is 19.8 Å². The van der Waals surface area contributed by atoms with Gasteiger partial charge in [0.15, 0.2) is 0 Å². The van der Waals surface area contributed by atoms with Gasteiger partial charge in [0, 0.05) is 53.4 Å². The molecule has 0 unspecified atom stereocenters. The van der Waals surface area contributed by atoms with Crippen molar-refractivity contribution in [3.8, 4) is 0 Å². The fourth-order valence-corrected chi connectivity index (χ4v) is 3.32. The van der Waals surface area contributed by atoms with Gasteiger partial charge >= 0.3 is 0 Å². The lowest BCUT2D eigenvalue weighted by Crippen LogP contribution is -2.50. The second kappa shape index (κ2) is 15.5. The average molecular weight is 447 g/mol. The smallest absolute Gasteiger partial charge is 0.224 e. The fraction of sp³-hybridized carbons (Fsp3) is 0.909. The minimum Gasteiger partial charge on any atom is -0.388 e. The molecular weight excluding hydrogens is 404 g/mol. The molecule has 2 N–H and O–H groups in total. The third-order valence-corrected chi connectivity index (χ3v) is 5.42. The molecule has 1 saturated heterocycles. The SMILES string of the molecule is COCCC(=O)N1CCCCOC[C@@H](O)[C@@H](O)[C@H](OCCC(C)C)CN(C(C)=O)CC1. The third kappa shape index (κ3) is 11.2. The third-order valence-electron chi connectivity index (χ3n) is 5.42. The monoisotopic (exact) mass is 446 g/mol. The highest BCUT2D eigenvalue weighted by Crippen LogP contribution is 2.12. The normalized spacial score (nSPS) is 24.8. The lowest BCUT2D eigenvalue weighted by Gasteiger charge is -2.33. The van der Waals surface area contributed by atoms with Crippen molar-refractivity contribution in [3.63, 3.8) is 0 Å². The number of aliphatic hydroxyl groups is 2. The molecule has 2 amide bonds. The zero-order chi connectivity index (χ0) is 23.2. The number of ether oxygens (including phenoxy) is 3. The van der Waals surface area contributed by atoms with Crippen molar-refractivity contribution in [1.82, 2.24) is 9.80 Å². The highest BCUT2D eigenvalue weighted by Gasteiger charge is 2.30. The maximum atomic E-state index is 12.6. The lowest BCUT2D eigenvalue weighted by molar-refractivity contribution is -0.142. The first-order valence-electron chi connectivity index (χ1n) is 11.3. The van der Waals surface area contributed by atoms with Crippen molar-refractivity contribution in [2.75, 3.05) is 59.7 Å². The summed E-state index contributed by atoms with van der Waals surface area (Å²) in [5.74, 6) is 0.241. The van der Waals surface area contributed by atoms with Gasteiger partial charge in [0.1, 0.15) is 18.3 Å². The Balaban J connectivity index is 2.93. The van der Waals surface area contributed by atoms with Gasteiger partial charge in [-0.3, -0.25) is 9.59 Å². The Bertz CT molecular complexity index is 518. The van der Waals surface area contributed by atoms with E-state index in [2.05, 4.69) is 13.8 Å². The van der Waals surface area contributed by atoms with Crippen molar-refractivity contribution >= 4 is 11.8 Å². The van der Waals surface area contributed by atoms with Gasteiger partial charge in [-0.15, -0.1) is 0 Å². The molecule has 0 bridgehead atoms. The minimum absolute atomic E-state index is 0.0121. The van der Waals surface area contributed by atoms with Crippen LogP contribution in [0.3, 0.4) is 0 Å². The van der Waals surface area contributed by atoms with E-state index < -0.39 is 18.3 Å². The van der Waals surface area contributed by atoms with Gasteiger partial charge in [0.25, 0.3) is 0 Å². The Hall–Kier alpha value is -1.26. The molecule has 1 fully saturated rings. The number of hydrogen-bond acceptors (Lipinski definition) is 7. The number of nitrogens with zero attached hydrogens (tertiary/aromatic N) is 2. The average Bonchev–Trinajstić information content (AvgIpc) is 2.72. The standard InChI is InChI=1S/C22H42N2O7/c1-17(2)7-14-31-20-15-24(18(3)25)11-10-23(21(27)8-13-29-4)9-5-6-12-30-16-19(26)22(20)28/h17,19-20,22,26,28H,5-16H2,1-4H3/t19-,20-,22-/m1/s1. The van der Waals surface area contributed by atoms with Gasteiger partial charge in [-0.05, 0) is 25.2 Å². The molecule has 182 valence electrons. The molecule has 0 spiro atoms. The van der Waals surface area contributed by atoms with Crippen LogP contribution in [0.15, 0.2) is 0 Å². The van der Waals surface area contributed by atoms with Crippen LogP contribution in [-0.4, -0.2) is 110 Å². The zero-order valence-corrected chi connectivity index (χ0v) is 19.6. The van der Waals surface area contributed by atoms with E-state index in [1.807, 2.05) is 0 Å². The van der Waals surface area contributed by atoms with Crippen LogP contribution in [0.4, 0.5) is 0 Å². The highest BCUT2D eigenvalue weighted by atomic mass is 16.5. The van der Waals surface area contributed by atoms with Crippen molar-refractivity contribution in [2.45, 2.75) is 64.8 Å². The largest absolute Gasteiger partial charge is 0.388 e. The minimum atomic E-state index is -1.18. The number of amides is 2. The topological polar surface area (TPSA) is 109 Å². The molecule has 0 aliphatic carbocycles. The van der Waals surface area contributed by atoms with Gasteiger partial charge in [0.2, 0.25) is 11.8 Å². The van der Waals surface area contributed by atoms with Crippen LogP contribution in [-0.2, 0) is 23.8 Å². The summed E-state index contributed by atoms with van der Waals surface area (Å²) in [6.07, 6.45) is -0.470. The molecule has 9 heteroatoms. The quantitative estimate of drug-likeness (QED) is 0.591. The first kappa shape index (κ1) is 27.8. The van der Waals surface area contributed by atoms with Crippen LogP contribution in [0.2, 0.25) is 0 Å². The Morgan fingerprint density at radius 3 is 2.45 bits per heavy atom. The summed E-state index contributed by atoms with van der Waals surface area (Å²) in [6.45, 7) is 8.22. The van der Waals surface area contributed by atoms with Crippen LogP contribution in [0.1, 0.15) is 46.5 Å². The van der Waals surface area contributed by atoms with E-state index in [0.717, 1.165) is 19.3 Å². The predicted octanol–water partition coefficient (Wildman–Crippen LogP) is 0.664. The molecule has 0 aromatic rings. The summed E-state index contributed by atoms with van der Waals surface area (Å²) in [5.41, 5.74) is 0. The van der Waals surface area contributed by atoms with Crippen LogP contribution >= 0.6 is 0 Å². The second-order valence-electron chi connectivity index (χ2n) is 8.52. The first-order chi connectivity index (χ1) is 14.8. The van der Waals surface area contributed by atoms with Gasteiger partial charge in [0.05, 0.1) is 19.6 Å². The van der Waals surface area contributed by atoms with E-state index in [1.54, 1.807) is 16.9 Å². The van der Waals surface area contributed by atoms with Crippen molar-refractivity contribution in [1.29, 1.82) is 0 Å². The number of rotatable bonds is 7. The summed E-state index contributed by atoms with van der Waals surface area (Å²) in [7, 11) is 1.56. The molecule has 0 saturated carbocycles. The van der Waals surface area contributed by atoms with Crippen molar-refractivity contribution in [3.05, 3.63) is 0 Å². The first-order valence-corrected chi connectivity index (χ1v) is 11.3. The molecule has 1 rings (SSSR count). The Kier molecular flexibility index (Phi) is 13.9. The molecule has 1 aliphatic heterocycles. The van der Waals surface area contributed by atoms with Crippen LogP contribution in [0.5, 0.6) is 0 Å². The maximum absolute atomic E-state index is 12.6. The maximum Gasteiger partial charge on any atom is 0.224 e. The number of carbonyl (C=O) groups excluding carboxylic acids is 2. The number of hydrogen-bond donors (Lipinski definition) is 2. The van der Waals surface area contributed by atoms with Gasteiger partial charge in [-0.1, -0.05) is 13.8 Å². The molecular formula is C22H42N2O7. The molecule has 1 heterocycles. The van der Waals surface area contributed by atoms with Crippen molar-refractivity contribution in [2.24, 2.45) is 5.92 Å². The Morgan fingerprint density at radius 1 is 1.10 bits per heavy atom. The molecule has 9 nitrogen and oxygen atoms in total. The van der Waals surface area contributed by atoms with Crippen LogP contribution < -0.4 is 0 Å². The summed E-state index contributed by atoms with van der Waals surface area (Å²) < 4.78 is 16.4. The van der Waals surface area contributed by atoms with E-state index in [1.165, 1.54) is 6.92 Å². The van der Waals surface area contributed by atoms with Crippen LogP contribution in [0.25, 0.3) is 0 Å². The summed E-state index contributed by atoms with van der Waals surface area (Å²) >= 11 is 0. The number of carbonyl (C=O) groups is 2. The predicted molar refractivity (Wildman–Crippen MR) is 117 cm³/mol. The fourth-order valence-electron chi connectivity index (χ4n) is 3.32. The summed E-state index contributed by atoms with van der Waals surface area (Å²) in [4.78, 5) is 28.2. The number of aliphatic hydroxyl groups excluding tert-OH is 2. The zero-order valence-electron chi connectivity index (χ0n) is 19.6. The van der Waals surface area contributed by atoms with Gasteiger partial charge < -0.3 is 34.2 Å². The van der Waals surface area contributed by atoms with E-state index in [0.29, 0.717) is 51.8 Å². The van der Waals surface area contributed by atoms with Crippen molar-refractivity contribution < 1.29 is 34.0 Å². The molecule has 1 aliphatic rings. The molecule has 0 aromatic heterocycles. The molecule has 31 heavy (non-hydrogen) atoms. The Morgan fingerprint density at radius 2 is 1.81 bits per heavy atom. The molecule has 3 atom stereocenters. The highest BCUT2D eigenvalue weighted by molar-refractivity contribution is 5.76. The van der Waals surface area contributed by atoms with E-state index in [4.69, 9.17) is 14.2 Å². The molecule has 0 aromatic carbocycles. The van der Waals surface area contributed by atoms with Gasteiger partial charge in [-0.25, -0.2) is 0 Å². The Labute approximate surface area is 186 Å². The van der Waals surface area contributed by atoms with E-state index >= 15 is 0 Å². The van der Waals surface area contributed by atoms with E-state index in [-0.39, 0.29) is 25.0 Å². The molecule has 0 radical (unpaired) electrons. The van der Waals surface area contributed by atoms with Crippen LogP contribution in [0, 0.1) is 5.92 Å². The summed E-state index contributed by atoms with van der Waals surface area (Å²) in [5, 5.41) is 21.0. The summed E-state index contributed by atoms with van der Waals surface area (Å²) in [6, 6.07) is 0. The number of methoxy groups -OCH3 is 1. The lowest BCUT2D eigenvalue weighted by atomic mass is 10.1.